The molecule has 4 aromatic rings. The van der Waals surface area contributed by atoms with Gasteiger partial charge in [0.25, 0.3) is 11.8 Å². The maximum Gasteiger partial charge on any atom is 0.362 e. The van der Waals surface area contributed by atoms with Crippen LogP contribution in [0, 0.1) is 5.82 Å². The summed E-state index contributed by atoms with van der Waals surface area (Å²) >= 11 is 6.44. The van der Waals surface area contributed by atoms with Crippen LogP contribution in [0.4, 0.5) is 33.2 Å². The summed E-state index contributed by atoms with van der Waals surface area (Å²) in [4.78, 5) is 64.2. The number of ether oxygens (including phenoxy) is 1. The molecule has 0 bridgehead atoms. The van der Waals surface area contributed by atoms with Crippen LogP contribution in [0.15, 0.2) is 60.8 Å². The number of piperidine rings is 1. The molecule has 19 heteroatoms. The first kappa shape index (κ1) is 38.8. The molecule has 16 nitrogen and oxygen atoms in total. The second-order valence-electron chi connectivity index (χ2n) is 13.1. The van der Waals surface area contributed by atoms with E-state index in [9.17, 15) is 23.7 Å². The molecule has 3 aliphatic rings. The van der Waals surface area contributed by atoms with Crippen molar-refractivity contribution in [3.63, 3.8) is 0 Å². The number of nitrogens with zero attached hydrogens (tertiary/aromatic N) is 5. The lowest BCUT2D eigenvalue weighted by molar-refractivity contribution is -0.136. The van der Waals surface area contributed by atoms with Gasteiger partial charge in [0.2, 0.25) is 17.8 Å². The molecule has 3 aromatic carbocycles. The Bertz CT molecular complexity index is 2280. The van der Waals surface area contributed by atoms with Gasteiger partial charge in [-0.15, -0.1) is 0 Å². The van der Waals surface area contributed by atoms with Crippen molar-refractivity contribution in [3.8, 4) is 5.75 Å². The number of fused-ring (bicyclic) bond motifs is 1. The number of carbonyl (C=O) groups excluding carboxylic acids is 4. The Kier molecular flexibility index (Phi) is 11.1. The normalized spacial score (nSPS) is 17.6. The minimum absolute atomic E-state index is 0.0104. The lowest BCUT2D eigenvalue weighted by Gasteiger charge is -2.36. The highest BCUT2D eigenvalue weighted by Crippen LogP contribution is 2.47. The number of amides is 4. The summed E-state index contributed by atoms with van der Waals surface area (Å²) in [5, 5.41) is 8.94. The number of methoxy groups -OCH3 is 1. The van der Waals surface area contributed by atoms with E-state index in [-0.39, 0.29) is 52.9 Å². The van der Waals surface area contributed by atoms with Crippen molar-refractivity contribution in [1.29, 1.82) is 0 Å². The third-order valence-electron chi connectivity index (χ3n) is 9.87. The van der Waals surface area contributed by atoms with Gasteiger partial charge in [-0.05, 0) is 36.8 Å². The fourth-order valence-corrected chi connectivity index (χ4v) is 8.29. The van der Waals surface area contributed by atoms with Gasteiger partial charge >= 0.3 is 7.60 Å². The standard InChI is InChI=1S/C37H37ClFN8O8P/c1-53-28-18-22(9-11-25(28)42-37-40-19-24(38)33(44-37)41-26-6-4-5-7-29(26)56(52,54-2)55-3)46-16-14-45(15-17-46)20-21-8-10-23-31(32(21)39)36(51)47(35(23)50)27-12-13-30(48)43-34(27)49/h4-11,18-19,27H,12-17,20H2,1-3H3,(H,43,48,49)(H2,40,41,42,44). The summed E-state index contributed by atoms with van der Waals surface area (Å²) < 4.78 is 45.1. The third kappa shape index (κ3) is 7.43. The Labute approximate surface area is 325 Å². The van der Waals surface area contributed by atoms with Crippen LogP contribution >= 0.6 is 19.2 Å². The average Bonchev–Trinajstić information content (AvgIpc) is 3.46. The molecule has 0 saturated carbocycles. The van der Waals surface area contributed by atoms with E-state index in [0.717, 1.165) is 10.6 Å². The summed E-state index contributed by atoms with van der Waals surface area (Å²) in [6, 6.07) is 14.2. The minimum atomic E-state index is -3.60. The highest BCUT2D eigenvalue weighted by Gasteiger charge is 2.46. The van der Waals surface area contributed by atoms with Crippen LogP contribution in [0.5, 0.6) is 5.75 Å². The first-order valence-corrected chi connectivity index (χ1v) is 19.4. The molecule has 4 amide bonds. The number of piperazine rings is 1. The van der Waals surface area contributed by atoms with Crippen molar-refractivity contribution in [3.05, 3.63) is 88.3 Å². The van der Waals surface area contributed by atoms with E-state index >= 15 is 4.39 Å². The number of halogens is 2. The van der Waals surface area contributed by atoms with Crippen LogP contribution in [-0.2, 0) is 29.7 Å². The van der Waals surface area contributed by atoms with E-state index in [4.69, 9.17) is 25.4 Å². The highest BCUT2D eigenvalue weighted by molar-refractivity contribution is 7.62. The molecular formula is C37H37ClFN8O8P. The maximum absolute atomic E-state index is 15.8. The monoisotopic (exact) mass is 806 g/mol. The smallest absolute Gasteiger partial charge is 0.362 e. The van der Waals surface area contributed by atoms with E-state index in [1.807, 2.05) is 18.2 Å². The Morgan fingerprint density at radius 1 is 0.946 bits per heavy atom. The number of anilines is 5. The third-order valence-corrected chi connectivity index (χ3v) is 12.1. The molecule has 0 radical (unpaired) electrons. The van der Waals surface area contributed by atoms with Gasteiger partial charge in [0.15, 0.2) is 5.82 Å². The van der Waals surface area contributed by atoms with Crippen molar-refractivity contribution in [2.75, 3.05) is 63.0 Å². The molecule has 2 saturated heterocycles. The summed E-state index contributed by atoms with van der Waals surface area (Å²) in [5.74, 6) is -2.66. The molecule has 3 aliphatic heterocycles. The van der Waals surface area contributed by atoms with Crippen LogP contribution in [-0.4, -0.2) is 96.9 Å². The summed E-state index contributed by atoms with van der Waals surface area (Å²) in [5.41, 5.74) is 1.72. The quantitative estimate of drug-likeness (QED) is 0.133. The van der Waals surface area contributed by atoms with Gasteiger partial charge in [-0.25, -0.2) is 9.37 Å². The van der Waals surface area contributed by atoms with Gasteiger partial charge in [-0.2, -0.15) is 4.98 Å². The van der Waals surface area contributed by atoms with E-state index in [2.05, 4.69) is 35.7 Å². The van der Waals surface area contributed by atoms with Crippen LogP contribution in [0.2, 0.25) is 5.02 Å². The summed E-state index contributed by atoms with van der Waals surface area (Å²) in [7, 11) is 0.555. The van der Waals surface area contributed by atoms with Gasteiger partial charge < -0.3 is 29.3 Å². The number of imide groups is 2. The van der Waals surface area contributed by atoms with Crippen molar-refractivity contribution in [2.45, 2.75) is 25.4 Å². The fraction of sp³-hybridized carbons (Fsp3) is 0.297. The number of benzene rings is 3. The van der Waals surface area contributed by atoms with Gasteiger partial charge in [-0.3, -0.25) is 38.9 Å². The Hall–Kier alpha value is -5.45. The number of carbonyl (C=O) groups is 4. The van der Waals surface area contributed by atoms with Crippen molar-refractivity contribution in [1.82, 2.24) is 25.1 Å². The van der Waals surface area contributed by atoms with Crippen molar-refractivity contribution in [2.24, 2.45) is 0 Å². The van der Waals surface area contributed by atoms with Crippen LogP contribution in [0.25, 0.3) is 0 Å². The van der Waals surface area contributed by atoms with Crippen LogP contribution in [0.1, 0.15) is 39.1 Å². The molecule has 3 N–H and O–H groups in total. The molecule has 4 heterocycles. The number of para-hydroxylation sites is 1. The van der Waals surface area contributed by atoms with E-state index in [0.29, 0.717) is 48.6 Å². The molecule has 2 fully saturated rings. The minimum Gasteiger partial charge on any atom is -0.494 e. The lowest BCUT2D eigenvalue weighted by Crippen LogP contribution is -2.54. The molecule has 1 unspecified atom stereocenters. The molecule has 1 aromatic heterocycles. The second kappa shape index (κ2) is 16.0. The first-order chi connectivity index (χ1) is 26.9. The zero-order chi connectivity index (χ0) is 39.7. The predicted octanol–water partition coefficient (Wildman–Crippen LogP) is 4.60. The fourth-order valence-electron chi connectivity index (χ4n) is 6.92. The second-order valence-corrected chi connectivity index (χ2v) is 15.7. The number of rotatable bonds is 12. The summed E-state index contributed by atoms with van der Waals surface area (Å²) in [6.45, 7) is 2.59. The molecule has 7 rings (SSSR count). The molecule has 1 atom stereocenters. The Morgan fingerprint density at radius 2 is 1.70 bits per heavy atom. The maximum atomic E-state index is 15.8. The Morgan fingerprint density at radius 3 is 2.41 bits per heavy atom. The number of hydrogen-bond acceptors (Lipinski definition) is 14. The van der Waals surface area contributed by atoms with Gasteiger partial charge in [0.1, 0.15) is 22.6 Å². The van der Waals surface area contributed by atoms with Gasteiger partial charge in [-0.1, -0.05) is 29.8 Å². The molecular weight excluding hydrogens is 770 g/mol. The van der Waals surface area contributed by atoms with Crippen LogP contribution < -0.4 is 30.9 Å². The van der Waals surface area contributed by atoms with Crippen LogP contribution in [0.3, 0.4) is 0 Å². The highest BCUT2D eigenvalue weighted by atomic mass is 35.5. The number of hydrogen-bond donors (Lipinski definition) is 3. The topological polar surface area (TPSA) is 185 Å². The van der Waals surface area contributed by atoms with Gasteiger partial charge in [0.05, 0.1) is 41.1 Å². The zero-order valence-electron chi connectivity index (χ0n) is 30.5. The lowest BCUT2D eigenvalue weighted by atomic mass is 10.0. The molecule has 0 aliphatic carbocycles. The van der Waals surface area contributed by atoms with Crippen molar-refractivity contribution >= 4 is 77.0 Å². The number of nitrogens with one attached hydrogen (secondary N) is 3. The summed E-state index contributed by atoms with van der Waals surface area (Å²) in [6.07, 6.45) is 1.39. The SMILES string of the molecule is COc1cc(N2CCN(Cc3ccc4c(c3F)C(=O)N(C3CCC(=O)NC3=O)C4=O)CC2)ccc1Nc1ncc(Cl)c(Nc2ccccc2P(=O)(OC)OC)n1. The molecule has 0 spiro atoms. The largest absolute Gasteiger partial charge is 0.494 e. The van der Waals surface area contributed by atoms with E-state index in [1.54, 1.807) is 31.4 Å². The predicted molar refractivity (Wildman–Crippen MR) is 205 cm³/mol. The molecule has 56 heavy (non-hydrogen) atoms. The first-order valence-electron chi connectivity index (χ1n) is 17.5. The number of aromatic nitrogens is 2. The Balaban J connectivity index is 0.997. The zero-order valence-corrected chi connectivity index (χ0v) is 32.2. The van der Waals surface area contributed by atoms with E-state index in [1.165, 1.54) is 32.5 Å². The van der Waals surface area contributed by atoms with Gasteiger partial charge in [0, 0.05) is 70.7 Å². The van der Waals surface area contributed by atoms with Crippen molar-refractivity contribution < 1.29 is 41.9 Å². The van der Waals surface area contributed by atoms with E-state index < -0.39 is 43.1 Å². The molecule has 292 valence electrons. The average molecular weight is 807 g/mol.